The summed E-state index contributed by atoms with van der Waals surface area (Å²) in [7, 11) is 1.60. The molecule has 0 radical (unpaired) electrons. The van der Waals surface area contributed by atoms with Crippen LogP contribution in [-0.4, -0.2) is 28.8 Å². The Kier molecular flexibility index (Phi) is 4.67. The molecule has 0 aliphatic carbocycles. The van der Waals surface area contributed by atoms with Crippen LogP contribution in [-0.2, 0) is 0 Å². The zero-order valence-electron chi connectivity index (χ0n) is 13.1. The molecule has 0 atom stereocenters. The summed E-state index contributed by atoms with van der Waals surface area (Å²) < 4.78 is 7.00. The fraction of sp³-hybridized carbons (Fsp3) is 0.0556. The van der Waals surface area contributed by atoms with Gasteiger partial charge >= 0.3 is 0 Å². The second-order valence-electron chi connectivity index (χ2n) is 4.99. The van der Waals surface area contributed by atoms with Gasteiger partial charge in [0.25, 0.3) is 5.91 Å². The van der Waals surface area contributed by atoms with Gasteiger partial charge in [0.2, 0.25) is 0 Å². The van der Waals surface area contributed by atoms with E-state index in [1.54, 1.807) is 38.0 Å². The van der Waals surface area contributed by atoms with Crippen molar-refractivity contribution in [2.45, 2.75) is 0 Å². The molecule has 1 N–H and O–H groups in total. The first-order valence-corrected chi connectivity index (χ1v) is 7.32. The van der Waals surface area contributed by atoms with Crippen molar-refractivity contribution in [3.63, 3.8) is 0 Å². The molecule has 0 saturated carbocycles. The maximum Gasteiger partial charge on any atom is 0.271 e. The van der Waals surface area contributed by atoms with Crippen LogP contribution in [0.3, 0.4) is 0 Å². The highest BCUT2D eigenvalue weighted by Crippen LogP contribution is 2.11. The van der Waals surface area contributed by atoms with E-state index in [0.29, 0.717) is 5.56 Å². The molecule has 0 aliphatic rings. The zero-order valence-corrected chi connectivity index (χ0v) is 13.1. The van der Waals surface area contributed by atoms with E-state index in [1.165, 1.54) is 0 Å². The van der Waals surface area contributed by atoms with E-state index in [2.05, 4.69) is 15.5 Å². The number of methoxy groups -OCH3 is 1. The summed E-state index contributed by atoms with van der Waals surface area (Å²) in [6, 6.07) is 14.6. The summed E-state index contributed by atoms with van der Waals surface area (Å²) in [5, 5.41) is 3.97. The Labute approximate surface area is 139 Å². The lowest BCUT2D eigenvalue weighted by atomic mass is 10.2. The number of nitrogens with zero attached hydrogens (tertiary/aromatic N) is 3. The molecule has 1 amide bonds. The lowest BCUT2D eigenvalue weighted by Gasteiger charge is -2.04. The molecule has 3 rings (SSSR count). The van der Waals surface area contributed by atoms with Crippen LogP contribution >= 0.6 is 0 Å². The first-order chi connectivity index (χ1) is 11.8. The molecule has 24 heavy (non-hydrogen) atoms. The maximum absolute atomic E-state index is 12.1. The number of benzene rings is 2. The van der Waals surface area contributed by atoms with Crippen LogP contribution in [0.1, 0.15) is 15.9 Å². The Morgan fingerprint density at radius 2 is 2.08 bits per heavy atom. The van der Waals surface area contributed by atoms with Gasteiger partial charge in [-0.15, -0.1) is 0 Å². The van der Waals surface area contributed by atoms with E-state index in [1.807, 2.05) is 47.2 Å². The number of carbonyl (C=O) groups is 1. The largest absolute Gasteiger partial charge is 0.497 e. The van der Waals surface area contributed by atoms with Crippen molar-refractivity contribution in [2.75, 3.05) is 7.11 Å². The van der Waals surface area contributed by atoms with Crippen molar-refractivity contribution >= 4 is 12.1 Å². The lowest BCUT2D eigenvalue weighted by Crippen LogP contribution is -2.17. The molecule has 0 bridgehead atoms. The van der Waals surface area contributed by atoms with E-state index < -0.39 is 0 Å². The molecular formula is C18H16N4O2. The van der Waals surface area contributed by atoms with Crippen LogP contribution in [0.25, 0.3) is 5.69 Å². The van der Waals surface area contributed by atoms with Gasteiger partial charge in [-0.1, -0.05) is 12.1 Å². The Morgan fingerprint density at radius 1 is 1.25 bits per heavy atom. The third-order valence-electron chi connectivity index (χ3n) is 3.41. The smallest absolute Gasteiger partial charge is 0.271 e. The molecule has 3 aromatic rings. The van der Waals surface area contributed by atoms with Gasteiger partial charge in [0.05, 0.1) is 19.7 Å². The SMILES string of the molecule is COc1cccc(C=NNC(=O)c2ccc(-n3ccnc3)cc2)c1. The maximum atomic E-state index is 12.1. The fourth-order valence-corrected chi connectivity index (χ4v) is 2.15. The number of aromatic nitrogens is 2. The molecule has 0 spiro atoms. The number of ether oxygens (including phenoxy) is 1. The minimum absolute atomic E-state index is 0.272. The number of hydrogen-bond acceptors (Lipinski definition) is 4. The number of hydrazone groups is 1. The highest BCUT2D eigenvalue weighted by Gasteiger charge is 2.04. The summed E-state index contributed by atoms with van der Waals surface area (Å²) in [4.78, 5) is 16.1. The predicted octanol–water partition coefficient (Wildman–Crippen LogP) is 2.64. The number of hydrogen-bond donors (Lipinski definition) is 1. The summed E-state index contributed by atoms with van der Waals surface area (Å²) in [5.74, 6) is 0.465. The fourth-order valence-electron chi connectivity index (χ4n) is 2.15. The van der Waals surface area contributed by atoms with Crippen LogP contribution in [0.2, 0.25) is 0 Å². The summed E-state index contributed by atoms with van der Waals surface area (Å²) >= 11 is 0. The summed E-state index contributed by atoms with van der Waals surface area (Å²) in [6.07, 6.45) is 6.81. The second-order valence-corrected chi connectivity index (χ2v) is 4.99. The molecule has 1 heterocycles. The number of amides is 1. The predicted molar refractivity (Wildman–Crippen MR) is 91.6 cm³/mol. The Balaban J connectivity index is 1.63. The monoisotopic (exact) mass is 320 g/mol. The van der Waals surface area contributed by atoms with Crippen LogP contribution in [0.15, 0.2) is 72.4 Å². The van der Waals surface area contributed by atoms with Gasteiger partial charge in [-0.25, -0.2) is 10.4 Å². The van der Waals surface area contributed by atoms with E-state index in [-0.39, 0.29) is 5.91 Å². The van der Waals surface area contributed by atoms with Crippen LogP contribution in [0.4, 0.5) is 0 Å². The van der Waals surface area contributed by atoms with Crippen molar-refractivity contribution in [1.29, 1.82) is 0 Å². The van der Waals surface area contributed by atoms with E-state index in [9.17, 15) is 4.79 Å². The van der Waals surface area contributed by atoms with Gasteiger partial charge in [-0.05, 0) is 42.0 Å². The average Bonchev–Trinajstić information content (AvgIpc) is 3.16. The van der Waals surface area contributed by atoms with Gasteiger partial charge in [0.1, 0.15) is 5.75 Å². The first kappa shape index (κ1) is 15.5. The Morgan fingerprint density at radius 3 is 2.79 bits per heavy atom. The normalized spacial score (nSPS) is 10.7. The molecule has 1 aromatic heterocycles. The Hall–Kier alpha value is -3.41. The van der Waals surface area contributed by atoms with Crippen LogP contribution in [0, 0.1) is 0 Å². The third kappa shape index (κ3) is 3.67. The molecule has 120 valence electrons. The molecule has 0 saturated heterocycles. The van der Waals surface area contributed by atoms with E-state index >= 15 is 0 Å². The molecule has 6 nitrogen and oxygen atoms in total. The highest BCUT2D eigenvalue weighted by atomic mass is 16.5. The van der Waals surface area contributed by atoms with E-state index in [4.69, 9.17) is 4.74 Å². The van der Waals surface area contributed by atoms with Crippen molar-refractivity contribution in [1.82, 2.24) is 15.0 Å². The average molecular weight is 320 g/mol. The number of rotatable bonds is 5. The minimum Gasteiger partial charge on any atom is -0.497 e. The van der Waals surface area contributed by atoms with Crippen LogP contribution < -0.4 is 10.2 Å². The first-order valence-electron chi connectivity index (χ1n) is 7.32. The van der Waals surface area contributed by atoms with Crippen molar-refractivity contribution in [2.24, 2.45) is 5.10 Å². The van der Waals surface area contributed by atoms with Gasteiger partial charge in [0.15, 0.2) is 0 Å². The zero-order chi connectivity index (χ0) is 16.8. The van der Waals surface area contributed by atoms with Gasteiger partial charge in [-0.2, -0.15) is 5.10 Å². The van der Waals surface area contributed by atoms with Gasteiger partial charge in [-0.3, -0.25) is 4.79 Å². The summed E-state index contributed by atoms with van der Waals surface area (Å²) in [6.45, 7) is 0. The number of imidazole rings is 1. The van der Waals surface area contributed by atoms with Gasteiger partial charge < -0.3 is 9.30 Å². The third-order valence-corrected chi connectivity index (χ3v) is 3.41. The molecule has 0 fully saturated rings. The van der Waals surface area contributed by atoms with E-state index in [0.717, 1.165) is 17.0 Å². The number of nitrogens with one attached hydrogen (secondary N) is 1. The molecule has 6 heteroatoms. The molecule has 0 aliphatic heterocycles. The number of carbonyl (C=O) groups excluding carboxylic acids is 1. The van der Waals surface area contributed by atoms with Crippen LogP contribution in [0.5, 0.6) is 5.75 Å². The molecule has 2 aromatic carbocycles. The van der Waals surface area contributed by atoms with Crippen molar-refractivity contribution in [3.8, 4) is 11.4 Å². The molecular weight excluding hydrogens is 304 g/mol. The quantitative estimate of drug-likeness (QED) is 0.580. The highest BCUT2D eigenvalue weighted by molar-refractivity contribution is 5.95. The minimum atomic E-state index is -0.272. The topological polar surface area (TPSA) is 68.5 Å². The van der Waals surface area contributed by atoms with Crippen molar-refractivity contribution in [3.05, 3.63) is 78.4 Å². The second kappa shape index (κ2) is 7.23. The standard InChI is InChI=1S/C18H16N4O2/c1-24-17-4-2-3-14(11-17)12-20-21-18(23)15-5-7-16(8-6-15)22-10-9-19-13-22/h2-13H,1H3,(H,21,23). The lowest BCUT2D eigenvalue weighted by molar-refractivity contribution is 0.0955. The summed E-state index contributed by atoms with van der Waals surface area (Å²) in [5.41, 5.74) is 4.81. The Bertz CT molecular complexity index is 840. The molecule has 0 unspecified atom stereocenters. The van der Waals surface area contributed by atoms with Crippen molar-refractivity contribution < 1.29 is 9.53 Å². The van der Waals surface area contributed by atoms with Gasteiger partial charge in [0, 0.05) is 23.6 Å².